The summed E-state index contributed by atoms with van der Waals surface area (Å²) in [6.45, 7) is 2.14. The van der Waals surface area contributed by atoms with Gasteiger partial charge >= 0.3 is 0 Å². The second kappa shape index (κ2) is 5.04. The van der Waals surface area contributed by atoms with Gasteiger partial charge in [-0.05, 0) is 31.7 Å². The fourth-order valence-electron chi connectivity index (χ4n) is 2.66. The fraction of sp³-hybridized carbons (Fsp3) is 0.571. The van der Waals surface area contributed by atoms with Crippen molar-refractivity contribution in [2.45, 2.75) is 25.3 Å². The molecule has 19 heavy (non-hydrogen) atoms. The van der Waals surface area contributed by atoms with E-state index in [1.165, 1.54) is 12.8 Å². The lowest BCUT2D eigenvalue weighted by atomic mass is 10.1. The molecule has 1 aliphatic heterocycles. The van der Waals surface area contributed by atoms with E-state index < -0.39 is 17.5 Å². The van der Waals surface area contributed by atoms with Crippen molar-refractivity contribution in [3.63, 3.8) is 0 Å². The Morgan fingerprint density at radius 2 is 1.79 bits per heavy atom. The van der Waals surface area contributed by atoms with Gasteiger partial charge in [0.2, 0.25) is 0 Å². The average Bonchev–Trinajstić information content (AvgIpc) is 3.05. The smallest absolute Gasteiger partial charge is 0.152 e. The summed E-state index contributed by atoms with van der Waals surface area (Å²) in [5.41, 5.74) is -0.0877. The summed E-state index contributed by atoms with van der Waals surface area (Å²) in [5.74, 6) is -2.09. The van der Waals surface area contributed by atoms with E-state index in [4.69, 9.17) is 0 Å². The summed E-state index contributed by atoms with van der Waals surface area (Å²) in [6.07, 6.45) is 3.38. The number of nitrogens with one attached hydrogen (secondary N) is 1. The van der Waals surface area contributed by atoms with Crippen LogP contribution in [-0.2, 0) is 0 Å². The van der Waals surface area contributed by atoms with Gasteiger partial charge in [0.25, 0.3) is 0 Å². The molecule has 5 heteroatoms. The van der Waals surface area contributed by atoms with Gasteiger partial charge in [-0.2, -0.15) is 0 Å². The quantitative estimate of drug-likeness (QED) is 0.905. The predicted molar refractivity (Wildman–Crippen MR) is 67.7 cm³/mol. The van der Waals surface area contributed by atoms with Gasteiger partial charge in [0.1, 0.15) is 11.5 Å². The maximum Gasteiger partial charge on any atom is 0.152 e. The molecular weight excluding hydrogens is 253 g/mol. The Morgan fingerprint density at radius 3 is 2.42 bits per heavy atom. The molecule has 2 aliphatic rings. The lowest BCUT2D eigenvalue weighted by Crippen LogP contribution is -2.28. The number of hydrogen-bond acceptors (Lipinski definition) is 2. The highest BCUT2D eigenvalue weighted by atomic mass is 19.1. The number of benzene rings is 1. The molecule has 1 aromatic carbocycles. The summed E-state index contributed by atoms with van der Waals surface area (Å²) < 4.78 is 40.2. The van der Waals surface area contributed by atoms with Crippen molar-refractivity contribution in [2.75, 3.05) is 24.5 Å². The first-order valence-corrected chi connectivity index (χ1v) is 6.76. The van der Waals surface area contributed by atoms with E-state index in [0.717, 1.165) is 25.1 Å². The normalized spacial score (nSPS) is 23.1. The number of halogens is 3. The molecule has 1 saturated heterocycles. The molecule has 2 nitrogen and oxygen atoms in total. The number of nitrogens with zero attached hydrogens (tertiary/aromatic N) is 1. The van der Waals surface area contributed by atoms with Gasteiger partial charge in [-0.1, -0.05) is 0 Å². The van der Waals surface area contributed by atoms with Gasteiger partial charge < -0.3 is 10.2 Å². The first-order chi connectivity index (χ1) is 9.13. The first kappa shape index (κ1) is 12.8. The standard InChI is InChI=1S/C14H17F3N2/c15-10-5-12(16)14(13(17)6-10)19-4-3-9(8-19)7-18-11-1-2-11/h5-6,9,11,18H,1-4,7-8H2. The van der Waals surface area contributed by atoms with Gasteiger partial charge in [-0.25, -0.2) is 13.2 Å². The predicted octanol–water partition coefficient (Wildman–Crippen LogP) is 2.68. The molecule has 0 bridgehead atoms. The van der Waals surface area contributed by atoms with Gasteiger partial charge in [0.05, 0.1) is 0 Å². The number of hydrogen-bond donors (Lipinski definition) is 1. The van der Waals surface area contributed by atoms with Crippen LogP contribution in [0.4, 0.5) is 18.9 Å². The summed E-state index contributed by atoms with van der Waals surface area (Å²) in [7, 11) is 0. The van der Waals surface area contributed by atoms with Crippen LogP contribution in [0.15, 0.2) is 12.1 Å². The highest BCUT2D eigenvalue weighted by Gasteiger charge is 2.29. The fourth-order valence-corrected chi connectivity index (χ4v) is 2.66. The van der Waals surface area contributed by atoms with Gasteiger partial charge in [-0.3, -0.25) is 0 Å². The van der Waals surface area contributed by atoms with Crippen molar-refractivity contribution in [2.24, 2.45) is 5.92 Å². The maximum absolute atomic E-state index is 13.7. The van der Waals surface area contributed by atoms with Gasteiger partial charge in [0, 0.05) is 31.3 Å². The molecule has 0 radical (unpaired) electrons. The molecule has 1 heterocycles. The lowest BCUT2D eigenvalue weighted by molar-refractivity contribution is 0.511. The zero-order valence-corrected chi connectivity index (χ0v) is 10.6. The first-order valence-electron chi connectivity index (χ1n) is 6.76. The average molecular weight is 270 g/mol. The van der Waals surface area contributed by atoms with Crippen LogP contribution in [0.5, 0.6) is 0 Å². The minimum absolute atomic E-state index is 0.0877. The Morgan fingerprint density at radius 1 is 1.11 bits per heavy atom. The van der Waals surface area contributed by atoms with Crippen molar-refractivity contribution in [1.29, 1.82) is 0 Å². The Bertz CT molecular complexity index is 451. The number of rotatable bonds is 4. The molecule has 2 fully saturated rings. The zero-order chi connectivity index (χ0) is 13.4. The molecule has 104 valence electrons. The largest absolute Gasteiger partial charge is 0.366 e. The summed E-state index contributed by atoms with van der Waals surface area (Å²) >= 11 is 0. The van der Waals surface area contributed by atoms with Crippen LogP contribution < -0.4 is 10.2 Å². The zero-order valence-electron chi connectivity index (χ0n) is 10.6. The van der Waals surface area contributed by atoms with Crippen molar-refractivity contribution in [3.05, 3.63) is 29.6 Å². The second-order valence-electron chi connectivity index (χ2n) is 5.50. The van der Waals surface area contributed by atoms with Crippen LogP contribution in [0.1, 0.15) is 19.3 Å². The third-order valence-electron chi connectivity index (χ3n) is 3.86. The molecular formula is C14H17F3N2. The van der Waals surface area contributed by atoms with Crippen molar-refractivity contribution >= 4 is 5.69 Å². The van der Waals surface area contributed by atoms with Crippen molar-refractivity contribution < 1.29 is 13.2 Å². The minimum atomic E-state index is -0.870. The van der Waals surface area contributed by atoms with E-state index in [-0.39, 0.29) is 5.69 Å². The van der Waals surface area contributed by atoms with Crippen LogP contribution >= 0.6 is 0 Å². The molecule has 1 aliphatic carbocycles. The van der Waals surface area contributed by atoms with E-state index in [0.29, 0.717) is 25.0 Å². The second-order valence-corrected chi connectivity index (χ2v) is 5.50. The topological polar surface area (TPSA) is 15.3 Å². The Kier molecular flexibility index (Phi) is 3.39. The molecule has 3 rings (SSSR count). The summed E-state index contributed by atoms with van der Waals surface area (Å²) in [4.78, 5) is 1.68. The van der Waals surface area contributed by atoms with E-state index >= 15 is 0 Å². The Balaban J connectivity index is 1.66. The van der Waals surface area contributed by atoms with E-state index in [1.54, 1.807) is 4.90 Å². The number of anilines is 1. The molecule has 1 saturated carbocycles. The highest BCUT2D eigenvalue weighted by Crippen LogP contribution is 2.30. The summed E-state index contributed by atoms with van der Waals surface area (Å²) in [5, 5.41) is 3.43. The van der Waals surface area contributed by atoms with Crippen molar-refractivity contribution in [1.82, 2.24) is 5.32 Å². The third-order valence-corrected chi connectivity index (χ3v) is 3.86. The Hall–Kier alpha value is -1.23. The van der Waals surface area contributed by atoms with Crippen LogP contribution in [0.3, 0.4) is 0 Å². The van der Waals surface area contributed by atoms with Crippen LogP contribution in [0.25, 0.3) is 0 Å². The van der Waals surface area contributed by atoms with Gasteiger partial charge in [0.15, 0.2) is 11.6 Å². The van der Waals surface area contributed by atoms with E-state index in [2.05, 4.69) is 5.32 Å². The Labute approximate surface area is 110 Å². The molecule has 0 amide bonds. The monoisotopic (exact) mass is 270 g/mol. The molecule has 1 N–H and O–H groups in total. The van der Waals surface area contributed by atoms with Crippen LogP contribution in [0, 0.1) is 23.4 Å². The molecule has 1 atom stereocenters. The van der Waals surface area contributed by atoms with E-state index in [9.17, 15) is 13.2 Å². The van der Waals surface area contributed by atoms with Gasteiger partial charge in [-0.15, -0.1) is 0 Å². The lowest BCUT2D eigenvalue weighted by Gasteiger charge is -2.20. The maximum atomic E-state index is 13.7. The van der Waals surface area contributed by atoms with Crippen LogP contribution in [-0.4, -0.2) is 25.7 Å². The van der Waals surface area contributed by atoms with Crippen LogP contribution in [0.2, 0.25) is 0 Å². The SMILES string of the molecule is Fc1cc(F)c(N2CCC(CNC3CC3)C2)c(F)c1. The van der Waals surface area contributed by atoms with E-state index in [1.807, 2.05) is 0 Å². The van der Waals surface area contributed by atoms with Crippen molar-refractivity contribution in [3.8, 4) is 0 Å². The highest BCUT2D eigenvalue weighted by molar-refractivity contribution is 5.50. The summed E-state index contributed by atoms with van der Waals surface area (Å²) in [6, 6.07) is 2.14. The molecule has 1 aromatic rings. The molecule has 1 unspecified atom stereocenters. The molecule has 0 spiro atoms. The molecule has 0 aromatic heterocycles. The third kappa shape index (κ3) is 2.86. The minimum Gasteiger partial charge on any atom is -0.366 e.